The first-order valence-electron chi connectivity index (χ1n) is 5.12. The summed E-state index contributed by atoms with van der Waals surface area (Å²) in [5.41, 5.74) is 4.79. The Hall–Kier alpha value is -1.11. The van der Waals surface area contributed by atoms with Crippen molar-refractivity contribution in [2.45, 2.75) is 34.1 Å². The molecule has 0 fully saturated rings. The van der Waals surface area contributed by atoms with Gasteiger partial charge in [-0.3, -0.25) is 0 Å². The summed E-state index contributed by atoms with van der Waals surface area (Å²) in [6.45, 7) is 8.26. The van der Waals surface area contributed by atoms with Crippen LogP contribution in [0, 0.1) is 25.2 Å². The number of nitrogens with one attached hydrogen (secondary N) is 1. The molecule has 76 valence electrons. The van der Waals surface area contributed by atoms with Crippen molar-refractivity contribution in [1.29, 1.82) is 5.41 Å². The third-order valence-electron chi connectivity index (χ3n) is 2.77. The first kappa shape index (κ1) is 11.0. The van der Waals surface area contributed by atoms with Gasteiger partial charge in [0.25, 0.3) is 0 Å². The zero-order chi connectivity index (χ0) is 10.7. The maximum atomic E-state index is 7.57. The minimum absolute atomic E-state index is 0.357. The van der Waals surface area contributed by atoms with Gasteiger partial charge in [0, 0.05) is 5.71 Å². The van der Waals surface area contributed by atoms with Crippen molar-refractivity contribution in [2.24, 2.45) is 5.92 Å². The summed E-state index contributed by atoms with van der Waals surface area (Å²) >= 11 is 0. The average molecular weight is 189 g/mol. The maximum Gasteiger partial charge on any atom is 0.00896 e. The summed E-state index contributed by atoms with van der Waals surface area (Å²) in [4.78, 5) is 0. The predicted octanol–water partition coefficient (Wildman–Crippen LogP) is 3.52. The first-order valence-corrected chi connectivity index (χ1v) is 5.12. The molecule has 1 N–H and O–H groups in total. The van der Waals surface area contributed by atoms with Gasteiger partial charge in [0.2, 0.25) is 0 Å². The molecule has 1 atom stereocenters. The summed E-state index contributed by atoms with van der Waals surface area (Å²) in [6.07, 6.45) is 0.989. The van der Waals surface area contributed by atoms with Crippen LogP contribution in [0.25, 0.3) is 0 Å². The Balaban J connectivity index is 2.85. The van der Waals surface area contributed by atoms with Crippen molar-refractivity contribution >= 4 is 5.71 Å². The van der Waals surface area contributed by atoms with Crippen LogP contribution in [0.15, 0.2) is 18.2 Å². The van der Waals surface area contributed by atoms with Crippen molar-refractivity contribution in [3.05, 3.63) is 34.9 Å². The Kier molecular flexibility index (Phi) is 3.45. The summed E-state index contributed by atoms with van der Waals surface area (Å²) in [5, 5.41) is 7.57. The zero-order valence-corrected chi connectivity index (χ0v) is 9.52. The van der Waals surface area contributed by atoms with Crippen molar-refractivity contribution in [2.75, 3.05) is 0 Å². The number of benzene rings is 1. The maximum absolute atomic E-state index is 7.57. The molecule has 0 saturated heterocycles. The minimum atomic E-state index is 0.357. The van der Waals surface area contributed by atoms with Gasteiger partial charge in [-0.2, -0.15) is 0 Å². The topological polar surface area (TPSA) is 23.9 Å². The van der Waals surface area contributed by atoms with Gasteiger partial charge in [0.1, 0.15) is 0 Å². The van der Waals surface area contributed by atoms with Crippen LogP contribution in [0.2, 0.25) is 0 Å². The van der Waals surface area contributed by atoms with Crippen LogP contribution in [0.4, 0.5) is 0 Å². The van der Waals surface area contributed by atoms with Crippen LogP contribution in [-0.2, 0) is 6.42 Å². The van der Waals surface area contributed by atoms with Gasteiger partial charge >= 0.3 is 0 Å². The van der Waals surface area contributed by atoms with Crippen molar-refractivity contribution in [3.63, 3.8) is 0 Å². The van der Waals surface area contributed by atoms with E-state index in [0.29, 0.717) is 5.92 Å². The van der Waals surface area contributed by atoms with E-state index in [0.717, 1.165) is 12.1 Å². The molecule has 1 heteroatoms. The SMILES string of the molecule is CC(=N)C(C)Cc1cc(C)ccc1C. The highest BCUT2D eigenvalue weighted by Crippen LogP contribution is 2.15. The van der Waals surface area contributed by atoms with Gasteiger partial charge in [-0.25, -0.2) is 0 Å². The highest BCUT2D eigenvalue weighted by molar-refractivity contribution is 5.81. The Morgan fingerprint density at radius 3 is 2.57 bits per heavy atom. The van der Waals surface area contributed by atoms with E-state index in [4.69, 9.17) is 5.41 Å². The van der Waals surface area contributed by atoms with E-state index in [2.05, 4.69) is 39.0 Å². The predicted molar refractivity (Wildman–Crippen MR) is 62.2 cm³/mol. The van der Waals surface area contributed by atoms with E-state index in [1.807, 2.05) is 6.92 Å². The summed E-state index contributed by atoms with van der Waals surface area (Å²) in [7, 11) is 0. The molecule has 0 aliphatic carbocycles. The molecular weight excluding hydrogens is 170 g/mol. The Morgan fingerprint density at radius 1 is 1.36 bits per heavy atom. The molecule has 0 aliphatic heterocycles. The monoisotopic (exact) mass is 189 g/mol. The largest absolute Gasteiger partial charge is 0.310 e. The molecule has 1 aromatic rings. The summed E-state index contributed by atoms with van der Waals surface area (Å²) < 4.78 is 0. The quantitative estimate of drug-likeness (QED) is 0.703. The lowest BCUT2D eigenvalue weighted by Crippen LogP contribution is -2.09. The molecule has 0 aromatic heterocycles. The smallest absolute Gasteiger partial charge is 0.00896 e. The highest BCUT2D eigenvalue weighted by atomic mass is 14.4. The van der Waals surface area contributed by atoms with Crippen LogP contribution in [0.5, 0.6) is 0 Å². The number of hydrogen-bond donors (Lipinski definition) is 1. The fraction of sp³-hybridized carbons (Fsp3) is 0.462. The fourth-order valence-electron chi connectivity index (χ4n) is 1.50. The zero-order valence-electron chi connectivity index (χ0n) is 9.52. The molecule has 1 nitrogen and oxygen atoms in total. The molecular formula is C13H19N. The highest BCUT2D eigenvalue weighted by Gasteiger charge is 2.07. The molecule has 1 aromatic carbocycles. The van der Waals surface area contributed by atoms with Gasteiger partial charge in [-0.1, -0.05) is 30.7 Å². The first-order chi connectivity index (χ1) is 6.50. The third kappa shape index (κ3) is 2.69. The van der Waals surface area contributed by atoms with E-state index in [9.17, 15) is 0 Å². The van der Waals surface area contributed by atoms with Crippen LogP contribution in [0.3, 0.4) is 0 Å². The molecule has 0 spiro atoms. The average Bonchev–Trinajstić information content (AvgIpc) is 2.11. The second-order valence-corrected chi connectivity index (χ2v) is 4.22. The molecule has 0 aliphatic rings. The summed E-state index contributed by atoms with van der Waals surface area (Å²) in [5.74, 6) is 0.357. The Bertz CT molecular complexity index is 339. The molecule has 0 amide bonds. The van der Waals surface area contributed by atoms with Gasteiger partial charge in [0.15, 0.2) is 0 Å². The van der Waals surface area contributed by atoms with Crippen molar-refractivity contribution in [1.82, 2.24) is 0 Å². The number of rotatable bonds is 3. The van der Waals surface area contributed by atoms with Crippen LogP contribution >= 0.6 is 0 Å². The van der Waals surface area contributed by atoms with Gasteiger partial charge in [-0.15, -0.1) is 0 Å². The lowest BCUT2D eigenvalue weighted by molar-refractivity contribution is 0.754. The van der Waals surface area contributed by atoms with Gasteiger partial charge < -0.3 is 5.41 Å². The van der Waals surface area contributed by atoms with E-state index in [-0.39, 0.29) is 0 Å². The molecule has 14 heavy (non-hydrogen) atoms. The normalized spacial score (nSPS) is 12.6. The lowest BCUT2D eigenvalue weighted by atomic mass is 9.93. The fourth-order valence-corrected chi connectivity index (χ4v) is 1.50. The van der Waals surface area contributed by atoms with E-state index < -0.39 is 0 Å². The van der Waals surface area contributed by atoms with Gasteiger partial charge in [-0.05, 0) is 44.2 Å². The molecule has 0 bridgehead atoms. The van der Waals surface area contributed by atoms with Crippen LogP contribution in [-0.4, -0.2) is 5.71 Å². The van der Waals surface area contributed by atoms with Crippen molar-refractivity contribution in [3.8, 4) is 0 Å². The van der Waals surface area contributed by atoms with Crippen molar-refractivity contribution < 1.29 is 0 Å². The minimum Gasteiger partial charge on any atom is -0.310 e. The van der Waals surface area contributed by atoms with Gasteiger partial charge in [0.05, 0.1) is 0 Å². The van der Waals surface area contributed by atoms with Crippen LogP contribution in [0.1, 0.15) is 30.5 Å². The third-order valence-corrected chi connectivity index (χ3v) is 2.77. The lowest BCUT2D eigenvalue weighted by Gasteiger charge is -2.12. The molecule has 0 heterocycles. The van der Waals surface area contributed by atoms with E-state index in [1.54, 1.807) is 0 Å². The summed E-state index contributed by atoms with van der Waals surface area (Å²) in [6, 6.07) is 6.53. The molecule has 0 saturated carbocycles. The molecule has 1 rings (SSSR count). The van der Waals surface area contributed by atoms with E-state index >= 15 is 0 Å². The second kappa shape index (κ2) is 4.41. The number of hydrogen-bond acceptors (Lipinski definition) is 1. The second-order valence-electron chi connectivity index (χ2n) is 4.22. The number of aryl methyl sites for hydroxylation is 2. The molecule has 0 radical (unpaired) electrons. The Morgan fingerprint density at radius 2 is 2.00 bits per heavy atom. The Labute approximate surface area is 86.7 Å². The molecule has 1 unspecified atom stereocenters. The van der Waals surface area contributed by atoms with Crippen LogP contribution < -0.4 is 0 Å². The standard InChI is InChI=1S/C13H19N/c1-9-5-6-10(2)13(7-9)8-11(3)12(4)14/h5-7,11,14H,8H2,1-4H3. The van der Waals surface area contributed by atoms with E-state index in [1.165, 1.54) is 16.7 Å².